The third kappa shape index (κ3) is 3.54. The van der Waals surface area contributed by atoms with Gasteiger partial charge < -0.3 is 9.32 Å². The third-order valence-corrected chi connectivity index (χ3v) is 3.87. The molecule has 22 heavy (non-hydrogen) atoms. The van der Waals surface area contributed by atoms with Crippen molar-refractivity contribution in [3.05, 3.63) is 54.0 Å². The van der Waals surface area contributed by atoms with Crippen LogP contribution in [0.5, 0.6) is 0 Å². The molecule has 1 aliphatic heterocycles. The number of rotatable bonds is 4. The Morgan fingerprint density at radius 2 is 2.14 bits per heavy atom. The van der Waals surface area contributed by atoms with Gasteiger partial charge in [-0.3, -0.25) is 9.88 Å². The smallest absolute Gasteiger partial charge is 0.164 e. The molecular formula is C17H20FN3O. The average Bonchev–Trinajstić information content (AvgIpc) is 3.01. The quantitative estimate of drug-likeness (QED) is 0.869. The van der Waals surface area contributed by atoms with Gasteiger partial charge in [0.1, 0.15) is 5.76 Å². The Hall–Kier alpha value is -2.14. The van der Waals surface area contributed by atoms with Gasteiger partial charge in [-0.1, -0.05) is 5.57 Å². The van der Waals surface area contributed by atoms with Crippen molar-refractivity contribution in [1.82, 2.24) is 9.88 Å². The van der Waals surface area contributed by atoms with E-state index in [0.717, 1.165) is 38.5 Å². The molecule has 0 unspecified atom stereocenters. The van der Waals surface area contributed by atoms with E-state index in [-0.39, 0.29) is 5.82 Å². The molecule has 1 aliphatic rings. The van der Waals surface area contributed by atoms with Crippen LogP contribution in [0, 0.1) is 5.82 Å². The zero-order valence-corrected chi connectivity index (χ0v) is 12.7. The van der Waals surface area contributed by atoms with Crippen LogP contribution in [0.2, 0.25) is 0 Å². The molecule has 0 aliphatic carbocycles. The van der Waals surface area contributed by atoms with Crippen LogP contribution in [0.25, 0.3) is 6.08 Å². The highest BCUT2D eigenvalue weighted by molar-refractivity contribution is 5.48. The van der Waals surface area contributed by atoms with Gasteiger partial charge >= 0.3 is 0 Å². The van der Waals surface area contributed by atoms with Gasteiger partial charge in [0.25, 0.3) is 0 Å². The number of anilines is 1. The summed E-state index contributed by atoms with van der Waals surface area (Å²) in [5, 5.41) is 0. The molecule has 5 heteroatoms. The molecule has 0 bridgehead atoms. The van der Waals surface area contributed by atoms with E-state index in [2.05, 4.69) is 27.8 Å². The number of halogens is 1. The molecule has 2 aromatic rings. The minimum Gasteiger partial charge on any atom is -0.465 e. The molecule has 0 radical (unpaired) electrons. The second-order valence-electron chi connectivity index (χ2n) is 5.60. The van der Waals surface area contributed by atoms with E-state index in [0.29, 0.717) is 5.69 Å². The standard InChI is InChI=1S/C17H20FN3O/c1-14(11-15-3-2-10-22-15)13-20-6-8-21(9-7-20)17-4-5-19-12-16(17)18/h2-5,10-12H,6-9,13H2,1H3. The largest absolute Gasteiger partial charge is 0.465 e. The molecular weight excluding hydrogens is 281 g/mol. The number of nitrogens with zero attached hydrogens (tertiary/aromatic N) is 3. The van der Waals surface area contributed by atoms with Crippen molar-refractivity contribution in [3.63, 3.8) is 0 Å². The number of piperazine rings is 1. The van der Waals surface area contributed by atoms with E-state index in [1.807, 2.05) is 12.1 Å². The molecule has 0 amide bonds. The maximum Gasteiger partial charge on any atom is 0.164 e. The number of furan rings is 1. The van der Waals surface area contributed by atoms with Gasteiger partial charge in [-0.15, -0.1) is 0 Å². The first kappa shape index (κ1) is 14.8. The first-order valence-corrected chi connectivity index (χ1v) is 7.50. The van der Waals surface area contributed by atoms with Crippen LogP contribution < -0.4 is 4.90 Å². The summed E-state index contributed by atoms with van der Waals surface area (Å²) in [5.41, 5.74) is 1.91. The molecule has 0 saturated carbocycles. The van der Waals surface area contributed by atoms with Crippen molar-refractivity contribution in [2.75, 3.05) is 37.6 Å². The molecule has 0 atom stereocenters. The Morgan fingerprint density at radius 1 is 1.32 bits per heavy atom. The van der Waals surface area contributed by atoms with Gasteiger partial charge in [0.15, 0.2) is 5.82 Å². The summed E-state index contributed by atoms with van der Waals surface area (Å²) >= 11 is 0. The summed E-state index contributed by atoms with van der Waals surface area (Å²) in [7, 11) is 0. The fourth-order valence-corrected chi connectivity index (χ4v) is 2.79. The molecule has 0 aromatic carbocycles. The zero-order valence-electron chi connectivity index (χ0n) is 12.7. The van der Waals surface area contributed by atoms with E-state index >= 15 is 0 Å². The lowest BCUT2D eigenvalue weighted by atomic mass is 10.2. The van der Waals surface area contributed by atoms with Gasteiger partial charge in [-0.05, 0) is 31.2 Å². The average molecular weight is 301 g/mol. The second kappa shape index (κ2) is 6.75. The predicted octanol–water partition coefficient (Wildman–Crippen LogP) is 3.04. The molecule has 116 valence electrons. The van der Waals surface area contributed by atoms with Crippen molar-refractivity contribution in [3.8, 4) is 0 Å². The van der Waals surface area contributed by atoms with Crippen molar-refractivity contribution in [1.29, 1.82) is 0 Å². The predicted molar refractivity (Wildman–Crippen MR) is 85.2 cm³/mol. The van der Waals surface area contributed by atoms with Gasteiger partial charge in [0, 0.05) is 38.9 Å². The van der Waals surface area contributed by atoms with Crippen LogP contribution in [0.1, 0.15) is 12.7 Å². The molecule has 0 N–H and O–H groups in total. The van der Waals surface area contributed by atoms with E-state index in [4.69, 9.17) is 4.42 Å². The van der Waals surface area contributed by atoms with Crippen molar-refractivity contribution in [2.45, 2.75) is 6.92 Å². The highest BCUT2D eigenvalue weighted by atomic mass is 19.1. The fourth-order valence-electron chi connectivity index (χ4n) is 2.79. The minimum atomic E-state index is -0.246. The topological polar surface area (TPSA) is 32.5 Å². The molecule has 3 heterocycles. The Labute approximate surface area is 129 Å². The Kier molecular flexibility index (Phi) is 4.53. The molecule has 1 fully saturated rings. The SMILES string of the molecule is CC(=Cc1ccco1)CN1CCN(c2ccncc2F)CC1. The summed E-state index contributed by atoms with van der Waals surface area (Å²) in [6.07, 6.45) is 6.66. The summed E-state index contributed by atoms with van der Waals surface area (Å²) in [5.74, 6) is 0.639. The van der Waals surface area contributed by atoms with Gasteiger partial charge in [-0.2, -0.15) is 0 Å². The minimum absolute atomic E-state index is 0.246. The summed E-state index contributed by atoms with van der Waals surface area (Å²) in [6, 6.07) is 5.59. The number of pyridine rings is 1. The highest BCUT2D eigenvalue weighted by Gasteiger charge is 2.19. The number of hydrogen-bond acceptors (Lipinski definition) is 4. The Balaban J connectivity index is 1.55. The summed E-state index contributed by atoms with van der Waals surface area (Å²) in [6.45, 7) is 6.52. The maximum absolute atomic E-state index is 13.8. The van der Waals surface area contributed by atoms with E-state index in [9.17, 15) is 4.39 Å². The van der Waals surface area contributed by atoms with Crippen LogP contribution in [-0.2, 0) is 0 Å². The lowest BCUT2D eigenvalue weighted by Crippen LogP contribution is -2.47. The highest BCUT2D eigenvalue weighted by Crippen LogP contribution is 2.19. The summed E-state index contributed by atoms with van der Waals surface area (Å²) in [4.78, 5) is 8.26. The molecule has 0 spiro atoms. The third-order valence-electron chi connectivity index (χ3n) is 3.87. The molecule has 1 saturated heterocycles. The second-order valence-corrected chi connectivity index (χ2v) is 5.60. The van der Waals surface area contributed by atoms with Gasteiger partial charge in [-0.25, -0.2) is 4.39 Å². The number of aromatic nitrogens is 1. The van der Waals surface area contributed by atoms with E-state index < -0.39 is 0 Å². The molecule has 2 aromatic heterocycles. The first-order chi connectivity index (χ1) is 10.7. The molecule has 3 rings (SSSR count). The number of hydrogen-bond donors (Lipinski definition) is 0. The van der Waals surface area contributed by atoms with Crippen LogP contribution in [0.3, 0.4) is 0 Å². The van der Waals surface area contributed by atoms with Crippen molar-refractivity contribution < 1.29 is 8.81 Å². The lowest BCUT2D eigenvalue weighted by molar-refractivity contribution is 0.278. The van der Waals surface area contributed by atoms with Crippen molar-refractivity contribution in [2.24, 2.45) is 0 Å². The fraction of sp³-hybridized carbons (Fsp3) is 0.353. The monoisotopic (exact) mass is 301 g/mol. The Bertz CT molecular complexity index is 631. The van der Waals surface area contributed by atoms with Gasteiger partial charge in [0.2, 0.25) is 0 Å². The van der Waals surface area contributed by atoms with E-state index in [1.165, 1.54) is 11.8 Å². The van der Waals surface area contributed by atoms with Crippen LogP contribution in [0.4, 0.5) is 10.1 Å². The van der Waals surface area contributed by atoms with Crippen molar-refractivity contribution >= 4 is 11.8 Å². The summed E-state index contributed by atoms with van der Waals surface area (Å²) < 4.78 is 19.1. The lowest BCUT2D eigenvalue weighted by Gasteiger charge is -2.36. The van der Waals surface area contributed by atoms with Gasteiger partial charge in [0.05, 0.1) is 18.1 Å². The first-order valence-electron chi connectivity index (χ1n) is 7.50. The van der Waals surface area contributed by atoms with E-state index in [1.54, 1.807) is 18.5 Å². The van der Waals surface area contributed by atoms with Crippen LogP contribution >= 0.6 is 0 Å². The molecule has 4 nitrogen and oxygen atoms in total. The Morgan fingerprint density at radius 3 is 2.82 bits per heavy atom. The zero-order chi connectivity index (χ0) is 15.4. The normalized spacial score (nSPS) is 17.0. The van der Waals surface area contributed by atoms with Crippen LogP contribution in [-0.4, -0.2) is 42.6 Å². The maximum atomic E-state index is 13.8. The van der Waals surface area contributed by atoms with Crippen LogP contribution in [0.15, 0.2) is 46.8 Å².